The van der Waals surface area contributed by atoms with Crippen LogP contribution in [0, 0.1) is 0 Å². The minimum Gasteiger partial charge on any atom is -0.493 e. The van der Waals surface area contributed by atoms with Crippen molar-refractivity contribution in [3.05, 3.63) is 41.4 Å². The summed E-state index contributed by atoms with van der Waals surface area (Å²) in [5, 5.41) is 8.73. The number of amides is 1. The van der Waals surface area contributed by atoms with Gasteiger partial charge in [-0.1, -0.05) is 28.1 Å². The van der Waals surface area contributed by atoms with Gasteiger partial charge in [-0.3, -0.25) is 9.59 Å². The number of nitrogens with zero attached hydrogens (tertiary/aromatic N) is 1. The van der Waals surface area contributed by atoms with E-state index in [0.717, 1.165) is 4.47 Å². The lowest BCUT2D eigenvalue weighted by molar-refractivity contribution is -0.144. The summed E-state index contributed by atoms with van der Waals surface area (Å²) in [6.45, 7) is 3.58. The SMILES string of the molecule is C=CCN(CC(=O)O)C(=O)CCOc1cccc(Br)c1. The second kappa shape index (κ2) is 8.37. The fourth-order valence-electron chi connectivity index (χ4n) is 1.54. The van der Waals surface area contributed by atoms with E-state index in [1.54, 1.807) is 12.1 Å². The smallest absolute Gasteiger partial charge is 0.323 e. The Bertz CT molecular complexity index is 490. The normalized spacial score (nSPS) is 9.85. The zero-order chi connectivity index (χ0) is 15.0. The third-order valence-corrected chi connectivity index (χ3v) is 2.90. The molecule has 1 aromatic carbocycles. The van der Waals surface area contributed by atoms with Crippen LogP contribution in [0.1, 0.15) is 6.42 Å². The van der Waals surface area contributed by atoms with Crippen molar-refractivity contribution in [1.29, 1.82) is 0 Å². The van der Waals surface area contributed by atoms with Gasteiger partial charge in [-0.25, -0.2) is 0 Å². The summed E-state index contributed by atoms with van der Waals surface area (Å²) >= 11 is 3.32. The van der Waals surface area contributed by atoms with Crippen LogP contribution < -0.4 is 4.74 Å². The van der Waals surface area contributed by atoms with Gasteiger partial charge in [-0.05, 0) is 18.2 Å². The summed E-state index contributed by atoms with van der Waals surface area (Å²) in [6, 6.07) is 7.28. The maximum atomic E-state index is 11.9. The molecule has 0 atom stereocenters. The number of rotatable bonds is 8. The van der Waals surface area contributed by atoms with Crippen molar-refractivity contribution in [2.75, 3.05) is 19.7 Å². The molecule has 6 heteroatoms. The van der Waals surface area contributed by atoms with Crippen molar-refractivity contribution in [3.63, 3.8) is 0 Å². The van der Waals surface area contributed by atoms with Gasteiger partial charge in [0.2, 0.25) is 5.91 Å². The summed E-state index contributed by atoms with van der Waals surface area (Å²) in [6.07, 6.45) is 1.61. The highest BCUT2D eigenvalue weighted by atomic mass is 79.9. The molecule has 0 bridgehead atoms. The van der Waals surface area contributed by atoms with Gasteiger partial charge in [0.15, 0.2) is 0 Å². The van der Waals surface area contributed by atoms with Gasteiger partial charge < -0.3 is 14.7 Å². The number of ether oxygens (including phenoxy) is 1. The average molecular weight is 342 g/mol. The number of hydrogen-bond acceptors (Lipinski definition) is 3. The Morgan fingerprint density at radius 3 is 2.80 bits per heavy atom. The van der Waals surface area contributed by atoms with E-state index in [4.69, 9.17) is 9.84 Å². The van der Waals surface area contributed by atoms with Crippen molar-refractivity contribution in [2.45, 2.75) is 6.42 Å². The maximum absolute atomic E-state index is 11.9. The Labute approximate surface area is 126 Å². The third kappa shape index (κ3) is 5.88. The molecule has 0 spiro atoms. The maximum Gasteiger partial charge on any atom is 0.323 e. The highest BCUT2D eigenvalue weighted by molar-refractivity contribution is 9.10. The zero-order valence-electron chi connectivity index (χ0n) is 10.9. The van der Waals surface area contributed by atoms with Crippen LogP contribution in [0.4, 0.5) is 0 Å². The molecule has 1 amide bonds. The van der Waals surface area contributed by atoms with E-state index in [1.807, 2.05) is 12.1 Å². The molecule has 0 aliphatic carbocycles. The number of aliphatic carboxylic acids is 1. The van der Waals surface area contributed by atoms with Crippen LogP contribution in [0.25, 0.3) is 0 Å². The Morgan fingerprint density at radius 1 is 1.45 bits per heavy atom. The number of carbonyl (C=O) groups excluding carboxylic acids is 1. The quantitative estimate of drug-likeness (QED) is 0.737. The molecule has 108 valence electrons. The molecule has 1 aromatic rings. The van der Waals surface area contributed by atoms with Crippen LogP contribution in [0.2, 0.25) is 0 Å². The van der Waals surface area contributed by atoms with E-state index >= 15 is 0 Å². The molecule has 0 fully saturated rings. The predicted molar refractivity (Wildman–Crippen MR) is 78.7 cm³/mol. The summed E-state index contributed by atoms with van der Waals surface area (Å²) in [5.41, 5.74) is 0. The number of carboxylic acid groups (broad SMARTS) is 1. The van der Waals surface area contributed by atoms with E-state index in [0.29, 0.717) is 5.75 Å². The van der Waals surface area contributed by atoms with Gasteiger partial charge in [-0.15, -0.1) is 6.58 Å². The van der Waals surface area contributed by atoms with Crippen molar-refractivity contribution >= 4 is 27.8 Å². The van der Waals surface area contributed by atoms with E-state index < -0.39 is 5.97 Å². The molecule has 0 saturated carbocycles. The van der Waals surface area contributed by atoms with Gasteiger partial charge in [0.1, 0.15) is 12.3 Å². The Morgan fingerprint density at radius 2 is 2.20 bits per heavy atom. The number of halogens is 1. The van der Waals surface area contributed by atoms with E-state index in [-0.39, 0.29) is 32.0 Å². The predicted octanol–water partition coefficient (Wildman–Crippen LogP) is 2.32. The third-order valence-electron chi connectivity index (χ3n) is 2.41. The van der Waals surface area contributed by atoms with E-state index in [9.17, 15) is 9.59 Å². The first-order valence-corrected chi connectivity index (χ1v) is 6.81. The molecule has 0 radical (unpaired) electrons. The van der Waals surface area contributed by atoms with Crippen molar-refractivity contribution in [1.82, 2.24) is 4.90 Å². The van der Waals surface area contributed by atoms with Gasteiger partial charge in [0.05, 0.1) is 13.0 Å². The molecule has 20 heavy (non-hydrogen) atoms. The van der Waals surface area contributed by atoms with Crippen molar-refractivity contribution in [2.24, 2.45) is 0 Å². The largest absolute Gasteiger partial charge is 0.493 e. The summed E-state index contributed by atoms with van der Waals surface area (Å²) in [4.78, 5) is 23.7. The number of hydrogen-bond donors (Lipinski definition) is 1. The molecule has 1 N–H and O–H groups in total. The Hall–Kier alpha value is -1.82. The zero-order valence-corrected chi connectivity index (χ0v) is 12.5. The van der Waals surface area contributed by atoms with Crippen molar-refractivity contribution in [3.8, 4) is 5.75 Å². The molecular weight excluding hydrogens is 326 g/mol. The van der Waals surface area contributed by atoms with Crippen LogP contribution >= 0.6 is 15.9 Å². The highest BCUT2D eigenvalue weighted by Crippen LogP contribution is 2.17. The summed E-state index contributed by atoms with van der Waals surface area (Å²) < 4.78 is 6.33. The van der Waals surface area contributed by atoms with Gasteiger partial charge >= 0.3 is 5.97 Å². The molecule has 5 nitrogen and oxygen atoms in total. The fourth-order valence-corrected chi connectivity index (χ4v) is 1.92. The Kier molecular flexibility index (Phi) is 6.79. The minimum atomic E-state index is -1.05. The summed E-state index contributed by atoms with van der Waals surface area (Å²) in [5.74, 6) is -0.670. The van der Waals surface area contributed by atoms with Crippen molar-refractivity contribution < 1.29 is 19.4 Å². The van der Waals surface area contributed by atoms with Crippen LogP contribution in [0.3, 0.4) is 0 Å². The summed E-state index contributed by atoms with van der Waals surface area (Å²) in [7, 11) is 0. The molecule has 1 rings (SSSR count). The lowest BCUT2D eigenvalue weighted by atomic mass is 10.3. The number of carboxylic acids is 1. The average Bonchev–Trinajstić information content (AvgIpc) is 2.37. The second-order valence-corrected chi connectivity index (χ2v) is 4.93. The topological polar surface area (TPSA) is 66.8 Å². The molecule has 0 aliphatic rings. The standard InChI is InChI=1S/C14H16BrNO4/c1-2-7-16(10-14(18)19)13(17)6-8-20-12-5-3-4-11(15)9-12/h2-5,9H,1,6-8,10H2,(H,18,19). The minimum absolute atomic E-state index is 0.119. The van der Waals surface area contributed by atoms with E-state index in [1.165, 1.54) is 11.0 Å². The number of carbonyl (C=O) groups is 2. The van der Waals surface area contributed by atoms with Crippen LogP contribution in [-0.4, -0.2) is 41.6 Å². The number of benzene rings is 1. The molecule has 0 aliphatic heterocycles. The lowest BCUT2D eigenvalue weighted by Gasteiger charge is -2.18. The second-order valence-electron chi connectivity index (χ2n) is 4.01. The van der Waals surface area contributed by atoms with E-state index in [2.05, 4.69) is 22.5 Å². The van der Waals surface area contributed by atoms with Gasteiger partial charge in [-0.2, -0.15) is 0 Å². The molecule has 0 unspecified atom stereocenters. The first kappa shape index (κ1) is 16.2. The lowest BCUT2D eigenvalue weighted by Crippen LogP contribution is -2.36. The van der Waals surface area contributed by atoms with Gasteiger partial charge in [0.25, 0.3) is 0 Å². The van der Waals surface area contributed by atoms with Crippen LogP contribution in [0.5, 0.6) is 5.75 Å². The monoisotopic (exact) mass is 341 g/mol. The molecule has 0 saturated heterocycles. The van der Waals surface area contributed by atoms with Crippen LogP contribution in [-0.2, 0) is 9.59 Å². The first-order valence-electron chi connectivity index (χ1n) is 6.01. The Balaban J connectivity index is 2.44. The molecule has 0 aromatic heterocycles. The first-order chi connectivity index (χ1) is 9.52. The van der Waals surface area contributed by atoms with Crippen LogP contribution in [0.15, 0.2) is 41.4 Å². The molecular formula is C14H16BrNO4. The highest BCUT2D eigenvalue weighted by Gasteiger charge is 2.15. The fraction of sp³-hybridized carbons (Fsp3) is 0.286. The van der Waals surface area contributed by atoms with Gasteiger partial charge in [0, 0.05) is 11.0 Å². The molecule has 0 heterocycles.